The highest BCUT2D eigenvalue weighted by Gasteiger charge is 2.11. The molecule has 3 rings (SSSR count). The van der Waals surface area contributed by atoms with Crippen LogP contribution < -0.4 is 15.8 Å². The SMILES string of the molecule is Cc1ccc(OCC(N)=O)c(-c2ccc(C(=O)NCC3=CCCCC3)cc2)c1. The van der Waals surface area contributed by atoms with Crippen LogP contribution in [0.2, 0.25) is 0 Å². The molecule has 146 valence electrons. The van der Waals surface area contributed by atoms with Gasteiger partial charge in [-0.15, -0.1) is 0 Å². The van der Waals surface area contributed by atoms with Crippen LogP contribution in [-0.4, -0.2) is 25.0 Å². The van der Waals surface area contributed by atoms with Crippen molar-refractivity contribution in [3.8, 4) is 16.9 Å². The molecule has 0 heterocycles. The second kappa shape index (κ2) is 9.22. The van der Waals surface area contributed by atoms with Crippen molar-refractivity contribution in [2.45, 2.75) is 32.6 Å². The quantitative estimate of drug-likeness (QED) is 0.720. The van der Waals surface area contributed by atoms with E-state index in [1.165, 1.54) is 18.4 Å². The molecule has 0 atom stereocenters. The molecule has 2 aromatic rings. The Hall–Kier alpha value is -3.08. The Kier molecular flexibility index (Phi) is 6.48. The summed E-state index contributed by atoms with van der Waals surface area (Å²) < 4.78 is 5.53. The van der Waals surface area contributed by atoms with Gasteiger partial charge in [-0.05, 0) is 62.4 Å². The van der Waals surface area contributed by atoms with Crippen molar-refractivity contribution in [2.24, 2.45) is 5.73 Å². The highest BCUT2D eigenvalue weighted by molar-refractivity contribution is 5.95. The van der Waals surface area contributed by atoms with Crippen molar-refractivity contribution in [1.82, 2.24) is 5.32 Å². The number of amides is 2. The van der Waals surface area contributed by atoms with E-state index in [0.717, 1.165) is 29.5 Å². The average molecular weight is 378 g/mol. The summed E-state index contributed by atoms with van der Waals surface area (Å²) in [6.45, 7) is 2.43. The van der Waals surface area contributed by atoms with Crippen molar-refractivity contribution < 1.29 is 14.3 Å². The first-order valence-electron chi connectivity index (χ1n) is 9.61. The van der Waals surface area contributed by atoms with E-state index in [0.29, 0.717) is 17.9 Å². The zero-order valence-electron chi connectivity index (χ0n) is 16.2. The van der Waals surface area contributed by atoms with Gasteiger partial charge in [0.25, 0.3) is 11.8 Å². The summed E-state index contributed by atoms with van der Waals surface area (Å²) in [6.07, 6.45) is 6.85. The lowest BCUT2D eigenvalue weighted by Gasteiger charge is -2.14. The highest BCUT2D eigenvalue weighted by atomic mass is 16.5. The third-order valence-electron chi connectivity index (χ3n) is 4.82. The van der Waals surface area contributed by atoms with Crippen LogP contribution in [0.5, 0.6) is 5.75 Å². The molecule has 0 aromatic heterocycles. The number of nitrogens with one attached hydrogen (secondary N) is 1. The molecule has 3 N–H and O–H groups in total. The molecule has 1 aliphatic carbocycles. The molecule has 5 heteroatoms. The van der Waals surface area contributed by atoms with E-state index in [2.05, 4.69) is 11.4 Å². The lowest BCUT2D eigenvalue weighted by atomic mass is 9.99. The van der Waals surface area contributed by atoms with Gasteiger partial charge in [0.05, 0.1) is 0 Å². The number of hydrogen-bond donors (Lipinski definition) is 2. The number of primary amides is 1. The first kappa shape index (κ1) is 19.7. The van der Waals surface area contributed by atoms with Crippen LogP contribution in [0.25, 0.3) is 11.1 Å². The van der Waals surface area contributed by atoms with Crippen molar-refractivity contribution >= 4 is 11.8 Å². The summed E-state index contributed by atoms with van der Waals surface area (Å²) in [5.41, 5.74) is 9.96. The fourth-order valence-corrected chi connectivity index (χ4v) is 3.31. The summed E-state index contributed by atoms with van der Waals surface area (Å²) in [5.74, 6) is -0.00932. The fraction of sp³-hybridized carbons (Fsp3) is 0.304. The summed E-state index contributed by atoms with van der Waals surface area (Å²) in [7, 11) is 0. The van der Waals surface area contributed by atoms with Crippen LogP contribution >= 0.6 is 0 Å². The monoisotopic (exact) mass is 378 g/mol. The third-order valence-corrected chi connectivity index (χ3v) is 4.82. The minimum atomic E-state index is -0.522. The molecule has 0 unspecified atom stereocenters. The number of ether oxygens (including phenoxy) is 1. The standard InChI is InChI=1S/C23H26N2O3/c1-16-7-12-21(28-15-22(24)26)20(13-16)18-8-10-19(11-9-18)23(27)25-14-17-5-3-2-4-6-17/h5,7-13H,2-4,6,14-15H2,1H3,(H2,24,26)(H,25,27). The molecule has 28 heavy (non-hydrogen) atoms. The van der Waals surface area contributed by atoms with Gasteiger partial charge >= 0.3 is 0 Å². The molecule has 0 spiro atoms. The Labute approximate surface area is 165 Å². The number of aryl methyl sites for hydroxylation is 1. The van der Waals surface area contributed by atoms with E-state index >= 15 is 0 Å². The number of benzene rings is 2. The third kappa shape index (κ3) is 5.22. The maximum Gasteiger partial charge on any atom is 0.255 e. The molecule has 0 saturated carbocycles. The molecular weight excluding hydrogens is 352 g/mol. The summed E-state index contributed by atoms with van der Waals surface area (Å²) >= 11 is 0. The lowest BCUT2D eigenvalue weighted by Crippen LogP contribution is -2.26. The summed E-state index contributed by atoms with van der Waals surface area (Å²) in [5, 5.41) is 3.00. The molecule has 0 fully saturated rings. The van der Waals surface area contributed by atoms with E-state index in [-0.39, 0.29) is 12.5 Å². The Morgan fingerprint density at radius 2 is 1.89 bits per heavy atom. The smallest absolute Gasteiger partial charge is 0.255 e. The molecule has 2 aromatic carbocycles. The molecule has 2 amide bonds. The number of carbonyl (C=O) groups is 2. The van der Waals surface area contributed by atoms with E-state index in [4.69, 9.17) is 10.5 Å². The fourth-order valence-electron chi connectivity index (χ4n) is 3.31. The lowest BCUT2D eigenvalue weighted by molar-refractivity contribution is -0.119. The molecule has 1 aliphatic rings. The average Bonchev–Trinajstić information content (AvgIpc) is 2.72. The van der Waals surface area contributed by atoms with Gasteiger partial charge in [0, 0.05) is 17.7 Å². The zero-order valence-corrected chi connectivity index (χ0v) is 16.2. The van der Waals surface area contributed by atoms with E-state index < -0.39 is 5.91 Å². The summed E-state index contributed by atoms with van der Waals surface area (Å²) in [4.78, 5) is 23.5. The predicted octanol–water partition coefficient (Wildman–Crippen LogP) is 3.76. The predicted molar refractivity (Wildman–Crippen MR) is 110 cm³/mol. The normalized spacial score (nSPS) is 13.5. The maximum absolute atomic E-state index is 12.4. The Morgan fingerprint density at radius 1 is 1.11 bits per heavy atom. The Morgan fingerprint density at radius 3 is 2.57 bits per heavy atom. The molecular formula is C23H26N2O3. The van der Waals surface area contributed by atoms with Crippen LogP contribution in [-0.2, 0) is 4.79 Å². The number of rotatable bonds is 7. The van der Waals surface area contributed by atoms with E-state index in [1.807, 2.05) is 37.3 Å². The molecule has 0 radical (unpaired) electrons. The van der Waals surface area contributed by atoms with Gasteiger partial charge < -0.3 is 15.8 Å². The number of hydrogen-bond acceptors (Lipinski definition) is 3. The molecule has 0 aliphatic heterocycles. The topological polar surface area (TPSA) is 81.4 Å². The Balaban J connectivity index is 1.71. The van der Waals surface area contributed by atoms with Gasteiger partial charge in [-0.25, -0.2) is 0 Å². The van der Waals surface area contributed by atoms with Gasteiger partial charge in [0.2, 0.25) is 0 Å². The van der Waals surface area contributed by atoms with Crippen LogP contribution in [0, 0.1) is 6.92 Å². The van der Waals surface area contributed by atoms with E-state index in [1.54, 1.807) is 12.1 Å². The van der Waals surface area contributed by atoms with Crippen LogP contribution in [0.3, 0.4) is 0 Å². The Bertz CT molecular complexity index is 885. The number of allylic oxidation sites excluding steroid dienone is 1. The van der Waals surface area contributed by atoms with Gasteiger partial charge in [-0.1, -0.05) is 35.4 Å². The molecule has 5 nitrogen and oxygen atoms in total. The van der Waals surface area contributed by atoms with Gasteiger partial charge in [-0.2, -0.15) is 0 Å². The van der Waals surface area contributed by atoms with Crippen molar-refractivity contribution in [3.63, 3.8) is 0 Å². The molecule has 0 saturated heterocycles. The largest absolute Gasteiger partial charge is 0.483 e. The minimum Gasteiger partial charge on any atom is -0.483 e. The highest BCUT2D eigenvalue weighted by Crippen LogP contribution is 2.31. The zero-order chi connectivity index (χ0) is 19.9. The number of nitrogens with two attached hydrogens (primary N) is 1. The first-order valence-corrected chi connectivity index (χ1v) is 9.61. The molecule has 0 bridgehead atoms. The maximum atomic E-state index is 12.4. The number of carbonyl (C=O) groups excluding carboxylic acids is 2. The van der Waals surface area contributed by atoms with Crippen molar-refractivity contribution in [2.75, 3.05) is 13.2 Å². The van der Waals surface area contributed by atoms with Crippen LogP contribution in [0.1, 0.15) is 41.6 Å². The second-order valence-electron chi connectivity index (χ2n) is 7.12. The minimum absolute atomic E-state index is 0.0764. The van der Waals surface area contributed by atoms with Crippen molar-refractivity contribution in [3.05, 3.63) is 65.2 Å². The van der Waals surface area contributed by atoms with Gasteiger partial charge in [0.15, 0.2) is 6.61 Å². The van der Waals surface area contributed by atoms with Crippen LogP contribution in [0.4, 0.5) is 0 Å². The summed E-state index contributed by atoms with van der Waals surface area (Å²) in [6, 6.07) is 13.1. The first-order chi connectivity index (χ1) is 13.5. The second-order valence-corrected chi connectivity index (χ2v) is 7.12. The van der Waals surface area contributed by atoms with Crippen molar-refractivity contribution in [1.29, 1.82) is 0 Å². The van der Waals surface area contributed by atoms with Crippen LogP contribution in [0.15, 0.2) is 54.1 Å². The van der Waals surface area contributed by atoms with Gasteiger partial charge in [0.1, 0.15) is 5.75 Å². The van der Waals surface area contributed by atoms with Gasteiger partial charge in [-0.3, -0.25) is 9.59 Å². The van der Waals surface area contributed by atoms with E-state index in [9.17, 15) is 9.59 Å².